The van der Waals surface area contributed by atoms with E-state index in [1.807, 2.05) is 36.4 Å². The number of fused-ring (bicyclic) bond motifs is 1. The highest BCUT2D eigenvalue weighted by Gasteiger charge is 2.05. The normalized spacial score (nSPS) is 10.1. The smallest absolute Gasteiger partial charge is 0.143 e. The van der Waals surface area contributed by atoms with Gasteiger partial charge in [0, 0.05) is 5.39 Å². The third-order valence-corrected chi connectivity index (χ3v) is 2.26. The molecule has 3 N–H and O–H groups in total. The molecule has 0 amide bonds. The fourth-order valence-electron chi connectivity index (χ4n) is 1.57. The maximum Gasteiger partial charge on any atom is 0.143 e. The van der Waals surface area contributed by atoms with Crippen molar-refractivity contribution in [3.63, 3.8) is 0 Å². The van der Waals surface area contributed by atoms with E-state index in [2.05, 4.69) is 5.43 Å². The largest absolute Gasteiger partial charge is 0.495 e. The summed E-state index contributed by atoms with van der Waals surface area (Å²) in [6.07, 6.45) is 0. The Morgan fingerprint density at radius 1 is 1.14 bits per heavy atom. The molecule has 0 heterocycles. The number of hydrogen-bond donors (Lipinski definition) is 2. The maximum atomic E-state index is 5.46. The zero-order chi connectivity index (χ0) is 9.97. The number of nitrogens with two attached hydrogens (primary N) is 1. The van der Waals surface area contributed by atoms with Gasteiger partial charge in [-0.2, -0.15) is 0 Å². The van der Waals surface area contributed by atoms with Crippen molar-refractivity contribution in [3.8, 4) is 5.75 Å². The van der Waals surface area contributed by atoms with Crippen molar-refractivity contribution < 1.29 is 4.74 Å². The van der Waals surface area contributed by atoms with Crippen LogP contribution in [0.25, 0.3) is 10.8 Å². The molecule has 2 aromatic carbocycles. The molecule has 0 aromatic heterocycles. The van der Waals surface area contributed by atoms with Gasteiger partial charge in [0.25, 0.3) is 0 Å². The van der Waals surface area contributed by atoms with Crippen molar-refractivity contribution in [1.29, 1.82) is 0 Å². The van der Waals surface area contributed by atoms with Gasteiger partial charge in [-0.05, 0) is 11.5 Å². The summed E-state index contributed by atoms with van der Waals surface area (Å²) in [5.41, 5.74) is 3.49. The first-order valence-corrected chi connectivity index (χ1v) is 4.39. The number of nitrogen functional groups attached to an aromatic ring is 1. The van der Waals surface area contributed by atoms with Crippen molar-refractivity contribution in [2.45, 2.75) is 0 Å². The third kappa shape index (κ3) is 1.28. The SMILES string of the molecule is COc1ccc2ccccc2c1NN. The van der Waals surface area contributed by atoms with Crippen LogP contribution < -0.4 is 16.0 Å². The van der Waals surface area contributed by atoms with Crippen LogP contribution in [0.1, 0.15) is 0 Å². The van der Waals surface area contributed by atoms with E-state index >= 15 is 0 Å². The Labute approximate surface area is 82.5 Å². The summed E-state index contributed by atoms with van der Waals surface area (Å²) in [7, 11) is 1.63. The summed E-state index contributed by atoms with van der Waals surface area (Å²) in [4.78, 5) is 0. The van der Waals surface area contributed by atoms with E-state index in [4.69, 9.17) is 10.6 Å². The van der Waals surface area contributed by atoms with Crippen LogP contribution in [0.3, 0.4) is 0 Å². The van der Waals surface area contributed by atoms with E-state index in [0.717, 1.165) is 22.2 Å². The molecule has 3 heteroatoms. The van der Waals surface area contributed by atoms with Crippen molar-refractivity contribution in [3.05, 3.63) is 36.4 Å². The molecule has 0 bridgehead atoms. The van der Waals surface area contributed by atoms with Gasteiger partial charge in [0.15, 0.2) is 0 Å². The zero-order valence-electron chi connectivity index (χ0n) is 7.95. The van der Waals surface area contributed by atoms with Gasteiger partial charge in [-0.15, -0.1) is 0 Å². The number of nitrogens with one attached hydrogen (secondary N) is 1. The molecule has 0 fully saturated rings. The molecule has 0 aliphatic heterocycles. The average Bonchev–Trinajstić information content (AvgIpc) is 2.27. The highest BCUT2D eigenvalue weighted by atomic mass is 16.5. The zero-order valence-corrected chi connectivity index (χ0v) is 7.95. The van der Waals surface area contributed by atoms with Gasteiger partial charge in [-0.3, -0.25) is 5.84 Å². The predicted octanol–water partition coefficient (Wildman–Crippen LogP) is 2.13. The summed E-state index contributed by atoms with van der Waals surface area (Å²) in [5.74, 6) is 6.22. The van der Waals surface area contributed by atoms with E-state index < -0.39 is 0 Å². The van der Waals surface area contributed by atoms with Crippen molar-refractivity contribution in [1.82, 2.24) is 0 Å². The minimum atomic E-state index is 0.756. The molecule has 3 nitrogen and oxygen atoms in total. The molecule has 14 heavy (non-hydrogen) atoms. The fourth-order valence-corrected chi connectivity index (χ4v) is 1.57. The number of hydrogen-bond acceptors (Lipinski definition) is 3. The number of methoxy groups -OCH3 is 1. The Balaban J connectivity index is 2.77. The number of hydrazine groups is 1. The maximum absolute atomic E-state index is 5.46. The van der Waals surface area contributed by atoms with Crippen LogP contribution in [-0.4, -0.2) is 7.11 Å². The number of ether oxygens (including phenoxy) is 1. The van der Waals surface area contributed by atoms with Crippen LogP contribution >= 0.6 is 0 Å². The van der Waals surface area contributed by atoms with Crippen molar-refractivity contribution in [2.75, 3.05) is 12.5 Å². The predicted molar refractivity (Wildman–Crippen MR) is 58.3 cm³/mol. The molecule has 0 unspecified atom stereocenters. The second-order valence-corrected chi connectivity index (χ2v) is 3.01. The quantitative estimate of drug-likeness (QED) is 0.560. The Kier molecular flexibility index (Phi) is 2.24. The summed E-state index contributed by atoms with van der Waals surface area (Å²) < 4.78 is 5.20. The Morgan fingerprint density at radius 2 is 1.93 bits per heavy atom. The fraction of sp³-hybridized carbons (Fsp3) is 0.0909. The van der Waals surface area contributed by atoms with Gasteiger partial charge in [-0.1, -0.05) is 30.3 Å². The first-order chi connectivity index (χ1) is 6.86. The summed E-state index contributed by atoms with van der Waals surface area (Å²) >= 11 is 0. The molecule has 0 aliphatic rings. The highest BCUT2D eigenvalue weighted by molar-refractivity contribution is 5.96. The van der Waals surface area contributed by atoms with Gasteiger partial charge >= 0.3 is 0 Å². The van der Waals surface area contributed by atoms with Crippen molar-refractivity contribution in [2.24, 2.45) is 5.84 Å². The highest BCUT2D eigenvalue weighted by Crippen LogP contribution is 2.31. The van der Waals surface area contributed by atoms with Gasteiger partial charge in [0.1, 0.15) is 5.75 Å². The van der Waals surface area contributed by atoms with E-state index in [1.165, 1.54) is 0 Å². The van der Waals surface area contributed by atoms with Gasteiger partial charge < -0.3 is 10.2 Å². The molecule has 2 rings (SSSR count). The number of benzene rings is 2. The molecule has 0 spiro atoms. The van der Waals surface area contributed by atoms with E-state index in [1.54, 1.807) is 7.11 Å². The number of anilines is 1. The first kappa shape index (κ1) is 8.84. The summed E-state index contributed by atoms with van der Waals surface area (Å²) in [6, 6.07) is 11.9. The van der Waals surface area contributed by atoms with Crippen LogP contribution in [0.4, 0.5) is 5.69 Å². The molecule has 0 aliphatic carbocycles. The topological polar surface area (TPSA) is 47.3 Å². The minimum Gasteiger partial charge on any atom is -0.495 e. The van der Waals surface area contributed by atoms with Crippen molar-refractivity contribution >= 4 is 16.5 Å². The van der Waals surface area contributed by atoms with Crippen LogP contribution in [0.15, 0.2) is 36.4 Å². The van der Waals surface area contributed by atoms with Gasteiger partial charge in [0.2, 0.25) is 0 Å². The minimum absolute atomic E-state index is 0.756. The summed E-state index contributed by atoms with van der Waals surface area (Å²) in [5, 5.41) is 2.20. The first-order valence-electron chi connectivity index (χ1n) is 4.39. The molecule has 0 saturated carbocycles. The Morgan fingerprint density at radius 3 is 2.64 bits per heavy atom. The second kappa shape index (κ2) is 3.55. The molecular formula is C11H12N2O. The monoisotopic (exact) mass is 188 g/mol. The molecular weight excluding hydrogens is 176 g/mol. The van der Waals surface area contributed by atoms with E-state index in [9.17, 15) is 0 Å². The van der Waals surface area contributed by atoms with Crippen LogP contribution in [-0.2, 0) is 0 Å². The molecule has 0 atom stereocenters. The standard InChI is InChI=1S/C11H12N2O/c1-14-10-7-6-8-4-2-3-5-9(8)11(10)13-12/h2-7,13H,12H2,1H3. The molecule has 0 radical (unpaired) electrons. The summed E-state index contributed by atoms with van der Waals surface area (Å²) in [6.45, 7) is 0. The van der Waals surface area contributed by atoms with Crippen LogP contribution in [0.5, 0.6) is 5.75 Å². The Hall–Kier alpha value is -1.74. The second-order valence-electron chi connectivity index (χ2n) is 3.01. The average molecular weight is 188 g/mol. The lowest BCUT2D eigenvalue weighted by Gasteiger charge is -2.10. The van der Waals surface area contributed by atoms with E-state index in [0.29, 0.717) is 0 Å². The van der Waals surface area contributed by atoms with Gasteiger partial charge in [-0.25, -0.2) is 0 Å². The lowest BCUT2D eigenvalue weighted by molar-refractivity contribution is 0.417. The van der Waals surface area contributed by atoms with Crippen LogP contribution in [0, 0.1) is 0 Å². The number of rotatable bonds is 2. The molecule has 2 aromatic rings. The molecule has 72 valence electrons. The lowest BCUT2D eigenvalue weighted by atomic mass is 10.1. The van der Waals surface area contributed by atoms with Crippen LogP contribution in [0.2, 0.25) is 0 Å². The third-order valence-electron chi connectivity index (χ3n) is 2.26. The van der Waals surface area contributed by atoms with Gasteiger partial charge in [0.05, 0.1) is 12.8 Å². The molecule has 0 saturated heterocycles. The Bertz CT molecular complexity index is 454. The lowest BCUT2D eigenvalue weighted by Crippen LogP contribution is -2.08. The van der Waals surface area contributed by atoms with E-state index in [-0.39, 0.29) is 0 Å².